The van der Waals surface area contributed by atoms with Crippen molar-refractivity contribution < 1.29 is 50.3 Å². The lowest BCUT2D eigenvalue weighted by Crippen LogP contribution is -2.58. The molecule has 8 aliphatic carbocycles. The van der Waals surface area contributed by atoms with Gasteiger partial charge in [-0.25, -0.2) is 13.6 Å². The maximum absolute atomic E-state index is 15.0. The normalized spacial score (nSPS) is 39.4. The SMILES string of the molecule is O=C(Oc1c(F)c(F)c(S(=O)(=O)O)c(F)c1F)c1cc(C23CC4CC(CC(O)(C4)C2)C3)ccc1C12CC3CC(CC(O)(C3)C1)C2. The van der Waals surface area contributed by atoms with E-state index < -0.39 is 72.0 Å². The topological polar surface area (TPSA) is 121 Å². The summed E-state index contributed by atoms with van der Waals surface area (Å²) in [4.78, 5) is 11.8. The Morgan fingerprint density at radius 1 is 0.733 bits per heavy atom. The molecule has 0 heterocycles. The first-order valence-electron chi connectivity index (χ1n) is 15.7. The van der Waals surface area contributed by atoms with Crippen molar-refractivity contribution in [1.29, 1.82) is 0 Å². The first-order valence-corrected chi connectivity index (χ1v) is 17.1. The van der Waals surface area contributed by atoms with Gasteiger partial charge in [-0.2, -0.15) is 17.2 Å². The van der Waals surface area contributed by atoms with Crippen molar-refractivity contribution in [1.82, 2.24) is 0 Å². The molecule has 8 fully saturated rings. The van der Waals surface area contributed by atoms with Crippen molar-refractivity contribution in [2.75, 3.05) is 0 Å². The molecule has 0 spiro atoms. The molecule has 8 saturated carbocycles. The van der Waals surface area contributed by atoms with Crippen LogP contribution in [0.4, 0.5) is 17.6 Å². The molecule has 45 heavy (non-hydrogen) atoms. The van der Waals surface area contributed by atoms with E-state index in [9.17, 15) is 32.2 Å². The molecule has 2 aromatic rings. The predicted molar refractivity (Wildman–Crippen MR) is 150 cm³/mol. The molecule has 4 atom stereocenters. The van der Waals surface area contributed by atoms with Crippen LogP contribution in [0.5, 0.6) is 5.75 Å². The van der Waals surface area contributed by atoms with Crippen molar-refractivity contribution in [3.05, 3.63) is 58.2 Å². The molecule has 2 aromatic carbocycles. The van der Waals surface area contributed by atoms with Crippen LogP contribution in [0.15, 0.2) is 23.1 Å². The summed E-state index contributed by atoms with van der Waals surface area (Å²) in [6, 6.07) is 5.40. The van der Waals surface area contributed by atoms with Gasteiger partial charge in [0.15, 0.2) is 16.5 Å². The van der Waals surface area contributed by atoms with E-state index in [4.69, 9.17) is 9.29 Å². The summed E-state index contributed by atoms with van der Waals surface area (Å²) in [5, 5.41) is 22.9. The fourth-order valence-electron chi connectivity index (χ4n) is 11.6. The van der Waals surface area contributed by atoms with Gasteiger partial charge in [-0.05, 0) is 129 Å². The number of carbonyl (C=O) groups is 1. The zero-order valence-electron chi connectivity index (χ0n) is 24.4. The van der Waals surface area contributed by atoms with Gasteiger partial charge in [-0.3, -0.25) is 4.55 Å². The van der Waals surface area contributed by atoms with Crippen LogP contribution in [0.3, 0.4) is 0 Å². The molecule has 0 amide bonds. The number of hydrogen-bond donors (Lipinski definition) is 3. The van der Waals surface area contributed by atoms with E-state index in [0.717, 1.165) is 44.1 Å². The third-order valence-corrected chi connectivity index (χ3v) is 13.0. The molecule has 4 unspecified atom stereocenters. The van der Waals surface area contributed by atoms with Gasteiger partial charge in [0.1, 0.15) is 0 Å². The first-order chi connectivity index (χ1) is 21.0. The Morgan fingerprint density at radius 2 is 1.20 bits per heavy atom. The lowest BCUT2D eigenvalue weighted by atomic mass is 9.45. The number of aliphatic hydroxyl groups is 2. The number of hydrogen-bond acceptors (Lipinski definition) is 6. The molecule has 0 aliphatic heterocycles. The molecule has 8 bridgehead atoms. The van der Waals surface area contributed by atoms with Crippen LogP contribution < -0.4 is 4.74 Å². The molecule has 0 radical (unpaired) electrons. The Hall–Kier alpha value is -2.54. The second-order valence-corrected chi connectivity index (χ2v) is 16.8. The summed E-state index contributed by atoms with van der Waals surface area (Å²) in [7, 11) is -5.69. The molecule has 242 valence electrons. The summed E-state index contributed by atoms with van der Waals surface area (Å²) in [6.45, 7) is 0. The van der Waals surface area contributed by atoms with E-state index in [1.165, 1.54) is 0 Å². The van der Waals surface area contributed by atoms with Gasteiger partial charge in [0.2, 0.25) is 17.4 Å². The number of rotatable bonds is 5. The Morgan fingerprint density at radius 3 is 1.67 bits per heavy atom. The highest BCUT2D eigenvalue weighted by Crippen LogP contribution is 2.65. The van der Waals surface area contributed by atoms with Crippen molar-refractivity contribution >= 4 is 16.1 Å². The van der Waals surface area contributed by atoms with Gasteiger partial charge in [0, 0.05) is 0 Å². The zero-order chi connectivity index (χ0) is 31.9. The van der Waals surface area contributed by atoms with E-state index in [1.54, 1.807) is 6.07 Å². The molecule has 0 saturated heterocycles. The Balaban J connectivity index is 1.25. The van der Waals surface area contributed by atoms with E-state index in [2.05, 4.69) is 0 Å². The average molecular weight is 651 g/mol. The molecule has 10 rings (SSSR count). The third kappa shape index (κ3) is 4.45. The largest absolute Gasteiger partial charge is 0.416 e. The van der Waals surface area contributed by atoms with Crippen LogP contribution in [0, 0.1) is 46.9 Å². The summed E-state index contributed by atoms with van der Waals surface area (Å²) < 4.78 is 96.3. The van der Waals surface area contributed by atoms with Gasteiger partial charge in [0.25, 0.3) is 0 Å². The maximum atomic E-state index is 15.0. The summed E-state index contributed by atoms with van der Waals surface area (Å²) in [5.41, 5.74) is -1.53. The monoisotopic (exact) mass is 650 g/mol. The average Bonchev–Trinajstić information content (AvgIpc) is 2.90. The molecular formula is C33H34F4O7S. The second kappa shape index (κ2) is 9.29. The summed E-state index contributed by atoms with van der Waals surface area (Å²) in [6.07, 6.45) is 8.63. The molecule has 3 N–H and O–H groups in total. The van der Waals surface area contributed by atoms with Crippen molar-refractivity contribution in [3.8, 4) is 5.75 Å². The number of ether oxygens (including phenoxy) is 1. The second-order valence-electron chi connectivity index (χ2n) is 15.5. The molecular weight excluding hydrogens is 616 g/mol. The predicted octanol–water partition coefficient (Wildman–Crippen LogP) is 5.87. The van der Waals surface area contributed by atoms with Crippen molar-refractivity contribution in [3.63, 3.8) is 0 Å². The maximum Gasteiger partial charge on any atom is 0.344 e. The van der Waals surface area contributed by atoms with Crippen LogP contribution in [-0.2, 0) is 20.9 Å². The number of benzene rings is 2. The Kier molecular flexibility index (Phi) is 6.16. The molecule has 0 aromatic heterocycles. The first kappa shape index (κ1) is 29.8. The number of halogens is 4. The minimum atomic E-state index is -5.69. The van der Waals surface area contributed by atoms with Crippen LogP contribution >= 0.6 is 0 Å². The summed E-state index contributed by atoms with van der Waals surface area (Å²) >= 11 is 0. The molecule has 12 heteroatoms. The van der Waals surface area contributed by atoms with Crippen molar-refractivity contribution in [2.24, 2.45) is 23.7 Å². The minimum Gasteiger partial charge on any atom is -0.416 e. The standard InChI is InChI=1S/C33H34F4O7S/c34-23-25(36)28(45(41,42)43)26(37)24(35)27(23)44-29(38)21-5-20(30-6-16-3-17(7-30)11-32(39,10-16)14-30)1-2-22(21)31-8-18-4-19(9-31)13-33(40,12-18)15-31/h1-2,5,16-19,39-40H,3-4,6-15H2,(H,41,42,43). The fourth-order valence-corrected chi connectivity index (χ4v) is 12.3. The van der Waals surface area contributed by atoms with Crippen molar-refractivity contribution in [2.45, 2.75) is 104 Å². The minimum absolute atomic E-state index is 0.0424. The summed E-state index contributed by atoms with van der Waals surface area (Å²) in [5.74, 6) is -11.3. The van der Waals surface area contributed by atoms with E-state index in [-0.39, 0.29) is 17.4 Å². The van der Waals surface area contributed by atoms with E-state index in [1.807, 2.05) is 12.1 Å². The lowest BCUT2D eigenvalue weighted by molar-refractivity contribution is -0.138. The smallest absolute Gasteiger partial charge is 0.344 e. The quantitative estimate of drug-likeness (QED) is 0.122. The van der Waals surface area contributed by atoms with Gasteiger partial charge in [0.05, 0.1) is 16.8 Å². The highest BCUT2D eigenvalue weighted by Gasteiger charge is 2.60. The highest BCUT2D eigenvalue weighted by molar-refractivity contribution is 7.85. The lowest BCUT2D eigenvalue weighted by Gasteiger charge is -2.61. The molecule has 7 nitrogen and oxygen atoms in total. The number of esters is 1. The molecule has 8 aliphatic rings. The third-order valence-electron chi connectivity index (χ3n) is 12.1. The van der Waals surface area contributed by atoms with E-state index in [0.29, 0.717) is 55.9 Å². The van der Waals surface area contributed by atoms with Crippen LogP contribution in [0.2, 0.25) is 0 Å². The van der Waals surface area contributed by atoms with Gasteiger partial charge < -0.3 is 14.9 Å². The van der Waals surface area contributed by atoms with Crippen LogP contribution in [0.1, 0.15) is 98.5 Å². The Labute approximate surface area is 257 Å². The number of carbonyl (C=O) groups excluding carboxylic acids is 1. The fraction of sp³-hybridized carbons (Fsp3) is 0.606. The Bertz CT molecular complexity index is 1720. The van der Waals surface area contributed by atoms with E-state index >= 15 is 8.78 Å². The van der Waals surface area contributed by atoms with Crippen LogP contribution in [-0.4, -0.2) is 40.4 Å². The van der Waals surface area contributed by atoms with Crippen LogP contribution in [0.25, 0.3) is 0 Å². The highest BCUT2D eigenvalue weighted by atomic mass is 32.2. The van der Waals surface area contributed by atoms with Gasteiger partial charge in [-0.15, -0.1) is 0 Å². The van der Waals surface area contributed by atoms with Gasteiger partial charge in [-0.1, -0.05) is 12.1 Å². The van der Waals surface area contributed by atoms with Gasteiger partial charge >= 0.3 is 16.1 Å². The zero-order valence-corrected chi connectivity index (χ0v) is 25.2.